The van der Waals surface area contributed by atoms with Crippen molar-refractivity contribution in [3.63, 3.8) is 0 Å². The predicted octanol–water partition coefficient (Wildman–Crippen LogP) is 2.68. The van der Waals surface area contributed by atoms with Gasteiger partial charge in [0.25, 0.3) is 0 Å². The normalized spacial score (nSPS) is 17.2. The summed E-state index contributed by atoms with van der Waals surface area (Å²) < 4.78 is 0. The van der Waals surface area contributed by atoms with E-state index < -0.39 is 0 Å². The fourth-order valence-electron chi connectivity index (χ4n) is 2.34. The average Bonchev–Trinajstić information content (AvgIpc) is 2.16. The third-order valence-electron chi connectivity index (χ3n) is 3.33. The molecule has 0 unspecified atom stereocenters. The summed E-state index contributed by atoms with van der Waals surface area (Å²) in [4.78, 5) is 2.33. The Morgan fingerprint density at radius 3 is 2.50 bits per heavy atom. The van der Waals surface area contributed by atoms with Crippen LogP contribution >= 0.6 is 0 Å². The number of fused-ring (bicyclic) bond motifs is 1. The smallest absolute Gasteiger partial charge is 0.119 e. The van der Waals surface area contributed by atoms with E-state index in [1.165, 1.54) is 11.1 Å². The lowest BCUT2D eigenvalue weighted by Crippen LogP contribution is -2.27. The Morgan fingerprint density at radius 1 is 1.19 bits per heavy atom. The summed E-state index contributed by atoms with van der Waals surface area (Å²) in [5.74, 6) is 0.454. The molecule has 0 fully saturated rings. The molecule has 2 heteroatoms. The summed E-state index contributed by atoms with van der Waals surface area (Å²) in [6, 6.07) is 4.14. The minimum Gasteiger partial charge on any atom is -0.508 e. The van der Waals surface area contributed by atoms with E-state index in [1.807, 2.05) is 6.07 Å². The highest BCUT2D eigenvalue weighted by Gasteiger charge is 2.22. The number of aromatic hydroxyl groups is 1. The van der Waals surface area contributed by atoms with Crippen LogP contribution in [-0.4, -0.2) is 23.6 Å². The van der Waals surface area contributed by atoms with Crippen molar-refractivity contribution in [1.82, 2.24) is 4.90 Å². The summed E-state index contributed by atoms with van der Waals surface area (Å²) in [6.45, 7) is 8.50. The lowest BCUT2D eigenvalue weighted by atomic mass is 9.83. The van der Waals surface area contributed by atoms with Gasteiger partial charge in [-0.1, -0.05) is 26.8 Å². The SMILES string of the molecule is CN1CCc2cc(O)c(C(C)(C)C)cc2C1. The van der Waals surface area contributed by atoms with Gasteiger partial charge in [0.1, 0.15) is 5.75 Å². The van der Waals surface area contributed by atoms with Crippen LogP contribution in [0.5, 0.6) is 5.75 Å². The molecule has 0 aliphatic carbocycles. The molecule has 0 saturated heterocycles. The first-order valence-electron chi connectivity index (χ1n) is 5.92. The van der Waals surface area contributed by atoms with Gasteiger partial charge in [0.2, 0.25) is 0 Å². The molecule has 88 valence electrons. The first-order chi connectivity index (χ1) is 7.38. The van der Waals surface area contributed by atoms with Gasteiger partial charge in [-0.05, 0) is 41.6 Å². The van der Waals surface area contributed by atoms with Crippen molar-refractivity contribution in [2.45, 2.75) is 39.2 Å². The lowest BCUT2D eigenvalue weighted by Gasteiger charge is -2.28. The minimum absolute atomic E-state index is 0.00906. The summed E-state index contributed by atoms with van der Waals surface area (Å²) in [5, 5.41) is 10.1. The van der Waals surface area contributed by atoms with E-state index in [9.17, 15) is 5.11 Å². The Balaban J connectivity index is 2.47. The van der Waals surface area contributed by atoms with Gasteiger partial charge in [0, 0.05) is 13.1 Å². The highest BCUT2D eigenvalue weighted by atomic mass is 16.3. The Morgan fingerprint density at radius 2 is 1.88 bits per heavy atom. The van der Waals surface area contributed by atoms with Gasteiger partial charge < -0.3 is 10.0 Å². The second kappa shape index (κ2) is 3.77. The molecule has 0 aromatic heterocycles. The van der Waals surface area contributed by atoms with Crippen LogP contribution in [0.1, 0.15) is 37.5 Å². The van der Waals surface area contributed by atoms with Crippen LogP contribution in [0, 0.1) is 0 Å². The Labute approximate surface area is 97.9 Å². The van der Waals surface area contributed by atoms with E-state index in [4.69, 9.17) is 0 Å². The van der Waals surface area contributed by atoms with Gasteiger partial charge in [0.05, 0.1) is 0 Å². The van der Waals surface area contributed by atoms with Crippen LogP contribution in [0.3, 0.4) is 0 Å². The van der Waals surface area contributed by atoms with Crippen molar-refractivity contribution in [3.05, 3.63) is 28.8 Å². The van der Waals surface area contributed by atoms with Crippen LogP contribution < -0.4 is 0 Å². The molecule has 1 aliphatic heterocycles. The molecule has 0 spiro atoms. The Hall–Kier alpha value is -1.02. The first kappa shape index (κ1) is 11.5. The van der Waals surface area contributed by atoms with Gasteiger partial charge in [-0.3, -0.25) is 0 Å². The van der Waals surface area contributed by atoms with E-state index in [0.29, 0.717) is 5.75 Å². The highest BCUT2D eigenvalue weighted by molar-refractivity contribution is 5.46. The largest absolute Gasteiger partial charge is 0.508 e. The quantitative estimate of drug-likeness (QED) is 0.725. The van der Waals surface area contributed by atoms with Crippen molar-refractivity contribution in [2.75, 3.05) is 13.6 Å². The molecule has 0 amide bonds. The van der Waals surface area contributed by atoms with E-state index in [0.717, 1.165) is 25.1 Å². The summed E-state index contributed by atoms with van der Waals surface area (Å²) in [5.41, 5.74) is 3.75. The van der Waals surface area contributed by atoms with Gasteiger partial charge in [-0.15, -0.1) is 0 Å². The van der Waals surface area contributed by atoms with Crippen molar-refractivity contribution in [1.29, 1.82) is 0 Å². The van der Waals surface area contributed by atoms with Crippen molar-refractivity contribution in [2.24, 2.45) is 0 Å². The number of nitrogens with zero attached hydrogens (tertiary/aromatic N) is 1. The second-order valence-corrected chi connectivity index (χ2v) is 5.88. The Bertz CT molecular complexity index is 404. The molecular formula is C14H21NO. The predicted molar refractivity (Wildman–Crippen MR) is 66.8 cm³/mol. The standard InChI is InChI=1S/C14H21NO/c1-14(2,3)12-7-11-9-15(4)6-5-10(11)8-13(12)16/h7-8,16H,5-6,9H2,1-4H3. The van der Waals surface area contributed by atoms with E-state index >= 15 is 0 Å². The molecular weight excluding hydrogens is 198 g/mol. The van der Waals surface area contributed by atoms with Crippen molar-refractivity contribution in [3.8, 4) is 5.75 Å². The molecule has 1 aliphatic rings. The van der Waals surface area contributed by atoms with Crippen LogP contribution in [0.4, 0.5) is 0 Å². The zero-order valence-corrected chi connectivity index (χ0v) is 10.7. The first-order valence-corrected chi connectivity index (χ1v) is 5.92. The molecule has 0 radical (unpaired) electrons. The monoisotopic (exact) mass is 219 g/mol. The number of benzene rings is 1. The molecule has 1 heterocycles. The van der Waals surface area contributed by atoms with E-state index in [2.05, 4.69) is 38.8 Å². The second-order valence-electron chi connectivity index (χ2n) is 5.88. The van der Waals surface area contributed by atoms with Crippen LogP contribution in [0.15, 0.2) is 12.1 Å². The molecule has 0 atom stereocenters. The van der Waals surface area contributed by atoms with Crippen LogP contribution in [0.25, 0.3) is 0 Å². The fourth-order valence-corrected chi connectivity index (χ4v) is 2.34. The minimum atomic E-state index is 0.00906. The number of phenolic OH excluding ortho intramolecular Hbond substituents is 1. The van der Waals surface area contributed by atoms with Gasteiger partial charge in [-0.2, -0.15) is 0 Å². The maximum Gasteiger partial charge on any atom is 0.119 e. The third kappa shape index (κ3) is 2.07. The number of hydrogen-bond donors (Lipinski definition) is 1. The van der Waals surface area contributed by atoms with Gasteiger partial charge in [0.15, 0.2) is 0 Å². The van der Waals surface area contributed by atoms with Gasteiger partial charge in [-0.25, -0.2) is 0 Å². The van der Waals surface area contributed by atoms with Gasteiger partial charge >= 0.3 is 0 Å². The third-order valence-corrected chi connectivity index (χ3v) is 3.33. The zero-order chi connectivity index (χ0) is 11.9. The Kier molecular flexibility index (Phi) is 2.70. The topological polar surface area (TPSA) is 23.5 Å². The molecule has 1 N–H and O–H groups in total. The van der Waals surface area contributed by atoms with Crippen molar-refractivity contribution < 1.29 is 5.11 Å². The molecule has 1 aromatic rings. The number of phenols is 1. The summed E-state index contributed by atoms with van der Waals surface area (Å²) in [7, 11) is 2.15. The molecule has 16 heavy (non-hydrogen) atoms. The highest BCUT2D eigenvalue weighted by Crippen LogP contribution is 2.34. The molecule has 1 aromatic carbocycles. The average molecular weight is 219 g/mol. The molecule has 0 bridgehead atoms. The van der Waals surface area contributed by atoms with E-state index in [1.54, 1.807) is 0 Å². The van der Waals surface area contributed by atoms with Crippen molar-refractivity contribution >= 4 is 0 Å². The fraction of sp³-hybridized carbons (Fsp3) is 0.571. The summed E-state index contributed by atoms with van der Waals surface area (Å²) in [6.07, 6.45) is 1.05. The molecule has 2 rings (SSSR count). The number of hydrogen-bond acceptors (Lipinski definition) is 2. The lowest BCUT2D eigenvalue weighted by molar-refractivity contribution is 0.311. The maximum absolute atomic E-state index is 10.1. The van der Waals surface area contributed by atoms with E-state index in [-0.39, 0.29) is 5.41 Å². The maximum atomic E-state index is 10.1. The van der Waals surface area contributed by atoms with Crippen LogP contribution in [0.2, 0.25) is 0 Å². The number of rotatable bonds is 0. The zero-order valence-electron chi connectivity index (χ0n) is 10.7. The summed E-state index contributed by atoms with van der Waals surface area (Å²) >= 11 is 0. The number of likely N-dealkylation sites (N-methyl/N-ethyl adjacent to an activating group) is 1. The van der Waals surface area contributed by atoms with Crippen LogP contribution in [-0.2, 0) is 18.4 Å². The molecule has 0 saturated carbocycles. The molecule has 2 nitrogen and oxygen atoms in total.